The number of rotatable bonds is 4. The third kappa shape index (κ3) is 3.06. The Morgan fingerprint density at radius 3 is 2.76 bits per heavy atom. The van der Waals surface area contributed by atoms with Crippen LogP contribution in [0.1, 0.15) is 32.1 Å². The Hall–Kier alpha value is -1.36. The molecule has 0 aliphatic heterocycles. The zero-order valence-corrected chi connectivity index (χ0v) is 10.0. The van der Waals surface area contributed by atoms with E-state index in [1.165, 1.54) is 19.3 Å². The second-order valence-electron chi connectivity index (χ2n) is 4.49. The van der Waals surface area contributed by atoms with Gasteiger partial charge in [0.1, 0.15) is 5.82 Å². The lowest BCUT2D eigenvalue weighted by atomic mass is 9.94. The first kappa shape index (κ1) is 12.1. The van der Waals surface area contributed by atoms with Gasteiger partial charge in [0.05, 0.1) is 6.61 Å². The summed E-state index contributed by atoms with van der Waals surface area (Å²) in [7, 11) is 0. The minimum absolute atomic E-state index is 0.120. The van der Waals surface area contributed by atoms with Crippen LogP contribution >= 0.6 is 0 Å². The maximum absolute atomic E-state index is 9.17. The molecule has 1 fully saturated rings. The summed E-state index contributed by atoms with van der Waals surface area (Å²) in [5.41, 5.74) is 5.68. The van der Waals surface area contributed by atoms with E-state index in [1.54, 1.807) is 12.3 Å². The molecule has 0 unspecified atom stereocenters. The average Bonchev–Trinajstić information content (AvgIpc) is 2.37. The van der Waals surface area contributed by atoms with Gasteiger partial charge >= 0.3 is 0 Å². The molecular weight excluding hydrogens is 216 g/mol. The molecule has 5 nitrogen and oxygen atoms in total. The summed E-state index contributed by atoms with van der Waals surface area (Å²) in [5, 5.41) is 9.17. The molecule has 0 amide bonds. The summed E-state index contributed by atoms with van der Waals surface area (Å²) in [4.78, 5) is 10.6. The number of anilines is 2. The Balaban J connectivity index is 2.15. The minimum atomic E-state index is 0.120. The van der Waals surface area contributed by atoms with Crippen LogP contribution in [0.2, 0.25) is 0 Å². The van der Waals surface area contributed by atoms with E-state index in [9.17, 15) is 0 Å². The van der Waals surface area contributed by atoms with E-state index in [-0.39, 0.29) is 6.61 Å². The standard InChI is InChI=1S/C12H20N4O/c13-11-6-7-14-12(15-11)16(8-9-17)10-4-2-1-3-5-10/h6-7,10,17H,1-5,8-9H2,(H2,13,14,15). The van der Waals surface area contributed by atoms with E-state index in [0.717, 1.165) is 12.8 Å². The summed E-state index contributed by atoms with van der Waals surface area (Å²) < 4.78 is 0. The van der Waals surface area contributed by atoms with Crippen LogP contribution in [0, 0.1) is 0 Å². The third-order valence-electron chi connectivity index (χ3n) is 3.28. The van der Waals surface area contributed by atoms with Gasteiger partial charge in [-0.2, -0.15) is 4.98 Å². The van der Waals surface area contributed by atoms with E-state index < -0.39 is 0 Å². The van der Waals surface area contributed by atoms with Crippen molar-refractivity contribution in [2.75, 3.05) is 23.8 Å². The highest BCUT2D eigenvalue weighted by Crippen LogP contribution is 2.25. The summed E-state index contributed by atoms with van der Waals surface area (Å²) >= 11 is 0. The maximum Gasteiger partial charge on any atom is 0.227 e. The van der Waals surface area contributed by atoms with E-state index in [2.05, 4.69) is 14.9 Å². The second-order valence-corrected chi connectivity index (χ2v) is 4.49. The van der Waals surface area contributed by atoms with Crippen molar-refractivity contribution >= 4 is 11.8 Å². The summed E-state index contributed by atoms with van der Waals surface area (Å²) in [5.74, 6) is 1.12. The van der Waals surface area contributed by atoms with Gasteiger partial charge in [-0.15, -0.1) is 0 Å². The normalized spacial score (nSPS) is 17.0. The Bertz CT molecular complexity index is 352. The molecule has 0 radical (unpaired) electrons. The highest BCUT2D eigenvalue weighted by molar-refractivity contribution is 5.38. The molecule has 1 saturated carbocycles. The molecule has 5 heteroatoms. The Labute approximate surface area is 102 Å². The van der Waals surface area contributed by atoms with Crippen molar-refractivity contribution in [2.45, 2.75) is 38.1 Å². The highest BCUT2D eigenvalue weighted by atomic mass is 16.3. The number of nitrogens with zero attached hydrogens (tertiary/aromatic N) is 3. The first-order chi connectivity index (χ1) is 8.31. The molecule has 0 saturated heterocycles. The lowest BCUT2D eigenvalue weighted by molar-refractivity contribution is 0.288. The van der Waals surface area contributed by atoms with Crippen molar-refractivity contribution in [3.05, 3.63) is 12.3 Å². The first-order valence-electron chi connectivity index (χ1n) is 6.27. The smallest absolute Gasteiger partial charge is 0.227 e. The van der Waals surface area contributed by atoms with Crippen LogP contribution in [0.15, 0.2) is 12.3 Å². The molecule has 2 rings (SSSR count). The topological polar surface area (TPSA) is 75.3 Å². The highest BCUT2D eigenvalue weighted by Gasteiger charge is 2.22. The SMILES string of the molecule is Nc1ccnc(N(CCO)C2CCCCC2)n1. The lowest BCUT2D eigenvalue weighted by Gasteiger charge is -2.33. The second kappa shape index (κ2) is 5.82. The molecule has 1 aliphatic carbocycles. The van der Waals surface area contributed by atoms with Crippen LogP contribution in [0.25, 0.3) is 0 Å². The number of hydrogen-bond donors (Lipinski definition) is 2. The molecule has 0 atom stereocenters. The van der Waals surface area contributed by atoms with Crippen molar-refractivity contribution < 1.29 is 5.11 Å². The predicted octanol–water partition coefficient (Wildman–Crippen LogP) is 1.19. The zero-order chi connectivity index (χ0) is 12.1. The number of hydrogen-bond acceptors (Lipinski definition) is 5. The van der Waals surface area contributed by atoms with Crippen LogP contribution in [0.5, 0.6) is 0 Å². The summed E-state index contributed by atoms with van der Waals surface area (Å²) in [6.07, 6.45) is 7.77. The molecule has 94 valence electrons. The van der Waals surface area contributed by atoms with Crippen LogP contribution < -0.4 is 10.6 Å². The molecule has 0 spiro atoms. The van der Waals surface area contributed by atoms with Crippen molar-refractivity contribution in [1.82, 2.24) is 9.97 Å². The van der Waals surface area contributed by atoms with E-state index in [1.807, 2.05) is 0 Å². The minimum Gasteiger partial charge on any atom is -0.395 e. The van der Waals surface area contributed by atoms with Gasteiger partial charge < -0.3 is 15.7 Å². The molecule has 17 heavy (non-hydrogen) atoms. The van der Waals surface area contributed by atoms with Gasteiger partial charge in [0.25, 0.3) is 0 Å². The van der Waals surface area contributed by atoms with Crippen LogP contribution in [0.3, 0.4) is 0 Å². The van der Waals surface area contributed by atoms with Crippen molar-refractivity contribution in [1.29, 1.82) is 0 Å². The quantitative estimate of drug-likeness (QED) is 0.821. The lowest BCUT2D eigenvalue weighted by Crippen LogP contribution is -2.40. The largest absolute Gasteiger partial charge is 0.395 e. The molecule has 0 bridgehead atoms. The Morgan fingerprint density at radius 1 is 1.35 bits per heavy atom. The Kier molecular flexibility index (Phi) is 4.14. The molecular formula is C12H20N4O. The number of nitrogen functional groups attached to an aromatic ring is 1. The van der Waals surface area contributed by atoms with Crippen molar-refractivity contribution in [3.8, 4) is 0 Å². The zero-order valence-electron chi connectivity index (χ0n) is 10.0. The molecule has 1 heterocycles. The molecule has 1 aliphatic rings. The van der Waals surface area contributed by atoms with Crippen molar-refractivity contribution in [2.24, 2.45) is 0 Å². The fourth-order valence-electron chi connectivity index (χ4n) is 2.45. The Morgan fingerprint density at radius 2 is 2.12 bits per heavy atom. The number of aliphatic hydroxyl groups is 1. The van der Waals surface area contributed by atoms with Gasteiger partial charge in [-0.3, -0.25) is 0 Å². The number of aliphatic hydroxyl groups excluding tert-OH is 1. The fraction of sp³-hybridized carbons (Fsp3) is 0.667. The summed E-state index contributed by atoms with van der Waals surface area (Å²) in [6.45, 7) is 0.697. The van der Waals surface area contributed by atoms with E-state index in [0.29, 0.717) is 24.4 Å². The van der Waals surface area contributed by atoms with Crippen LogP contribution in [-0.2, 0) is 0 Å². The number of nitrogens with two attached hydrogens (primary N) is 1. The fourth-order valence-corrected chi connectivity index (χ4v) is 2.45. The average molecular weight is 236 g/mol. The third-order valence-corrected chi connectivity index (χ3v) is 3.28. The number of aromatic nitrogens is 2. The van der Waals surface area contributed by atoms with E-state index in [4.69, 9.17) is 10.8 Å². The van der Waals surface area contributed by atoms with Crippen LogP contribution in [0.4, 0.5) is 11.8 Å². The molecule has 0 aromatic carbocycles. The van der Waals surface area contributed by atoms with Gasteiger partial charge in [0.2, 0.25) is 5.95 Å². The van der Waals surface area contributed by atoms with Crippen molar-refractivity contribution in [3.63, 3.8) is 0 Å². The van der Waals surface area contributed by atoms with E-state index >= 15 is 0 Å². The monoisotopic (exact) mass is 236 g/mol. The molecule has 1 aromatic rings. The van der Waals surface area contributed by atoms with Gasteiger partial charge in [-0.1, -0.05) is 19.3 Å². The van der Waals surface area contributed by atoms with Gasteiger partial charge in [-0.05, 0) is 18.9 Å². The summed E-state index contributed by atoms with van der Waals surface area (Å²) in [6, 6.07) is 2.12. The molecule has 3 N–H and O–H groups in total. The van der Waals surface area contributed by atoms with Gasteiger partial charge in [0, 0.05) is 18.8 Å². The maximum atomic E-state index is 9.17. The predicted molar refractivity (Wildman–Crippen MR) is 67.7 cm³/mol. The van der Waals surface area contributed by atoms with Crippen LogP contribution in [-0.4, -0.2) is 34.3 Å². The first-order valence-corrected chi connectivity index (χ1v) is 6.27. The molecule has 1 aromatic heterocycles. The van der Waals surface area contributed by atoms with Gasteiger partial charge in [-0.25, -0.2) is 4.98 Å². The van der Waals surface area contributed by atoms with Gasteiger partial charge in [0.15, 0.2) is 0 Å².